The molecule has 1 aromatic carbocycles. The van der Waals surface area contributed by atoms with Crippen molar-refractivity contribution in [3.63, 3.8) is 0 Å². The maximum absolute atomic E-state index is 12.0. The third kappa shape index (κ3) is 7.87. The van der Waals surface area contributed by atoms with Crippen LogP contribution in [0.1, 0.15) is 61.8 Å². The van der Waals surface area contributed by atoms with Crippen molar-refractivity contribution in [2.75, 3.05) is 11.9 Å². The van der Waals surface area contributed by atoms with Gasteiger partial charge in [-0.25, -0.2) is 14.6 Å². The highest BCUT2D eigenvalue weighted by Gasteiger charge is 2.19. The van der Waals surface area contributed by atoms with E-state index in [1.165, 1.54) is 12.0 Å². The molecule has 7 nitrogen and oxygen atoms in total. The van der Waals surface area contributed by atoms with Crippen molar-refractivity contribution < 1.29 is 14.7 Å². The number of pyridine rings is 1. The number of fused-ring (bicyclic) bond motifs is 1. The van der Waals surface area contributed by atoms with Crippen LogP contribution in [-0.2, 0) is 24.2 Å². The number of urea groups is 1. The van der Waals surface area contributed by atoms with Gasteiger partial charge < -0.3 is 21.1 Å². The number of nitrogens with zero attached hydrogens (tertiary/aromatic N) is 1. The van der Waals surface area contributed by atoms with Gasteiger partial charge in [0.1, 0.15) is 11.9 Å². The fourth-order valence-corrected chi connectivity index (χ4v) is 3.94. The molecular weight excluding hydrogens is 404 g/mol. The Kier molecular flexibility index (Phi) is 9.35. The highest BCUT2D eigenvalue weighted by atomic mass is 16.4. The molecule has 1 unspecified atom stereocenters. The second-order valence-corrected chi connectivity index (χ2v) is 8.35. The molecule has 172 valence electrons. The van der Waals surface area contributed by atoms with Crippen LogP contribution in [0.2, 0.25) is 0 Å². The molecule has 4 N–H and O–H groups in total. The van der Waals surface area contributed by atoms with E-state index in [9.17, 15) is 14.7 Å². The number of nitrogens with one attached hydrogen (secondary N) is 3. The fraction of sp³-hybridized carbons (Fsp3) is 0.480. The number of carboxylic acid groups (broad SMARTS) is 1. The Morgan fingerprint density at radius 2 is 1.81 bits per heavy atom. The van der Waals surface area contributed by atoms with Gasteiger partial charge in [0.2, 0.25) is 0 Å². The largest absolute Gasteiger partial charge is 0.480 e. The van der Waals surface area contributed by atoms with Gasteiger partial charge in [0, 0.05) is 18.8 Å². The zero-order valence-electron chi connectivity index (χ0n) is 18.6. The van der Waals surface area contributed by atoms with Crippen molar-refractivity contribution >= 4 is 17.8 Å². The Bertz CT molecular complexity index is 873. The first kappa shape index (κ1) is 23.6. The first-order valence-electron chi connectivity index (χ1n) is 11.7. The molecular formula is C25H34N4O3. The highest BCUT2D eigenvalue weighted by Crippen LogP contribution is 2.20. The Morgan fingerprint density at radius 3 is 2.62 bits per heavy atom. The monoisotopic (exact) mass is 438 g/mol. The molecule has 2 aromatic rings. The van der Waals surface area contributed by atoms with Crippen molar-refractivity contribution in [1.29, 1.82) is 0 Å². The van der Waals surface area contributed by atoms with Crippen molar-refractivity contribution in [1.82, 2.24) is 15.6 Å². The molecule has 0 spiro atoms. The molecule has 0 fully saturated rings. The Labute approximate surface area is 190 Å². The zero-order valence-corrected chi connectivity index (χ0v) is 18.6. The minimum atomic E-state index is -0.994. The molecule has 2 heterocycles. The minimum absolute atomic E-state index is 0.369. The van der Waals surface area contributed by atoms with Crippen molar-refractivity contribution in [3.8, 4) is 0 Å². The van der Waals surface area contributed by atoms with Crippen molar-refractivity contribution in [2.45, 2.75) is 70.4 Å². The average Bonchev–Trinajstić information content (AvgIpc) is 2.81. The second-order valence-electron chi connectivity index (χ2n) is 8.35. The maximum atomic E-state index is 12.0. The molecule has 0 radical (unpaired) electrons. The van der Waals surface area contributed by atoms with Crippen LogP contribution in [0, 0.1) is 0 Å². The van der Waals surface area contributed by atoms with Gasteiger partial charge in [-0.05, 0) is 49.3 Å². The summed E-state index contributed by atoms with van der Waals surface area (Å²) in [5, 5.41) is 18.1. The van der Waals surface area contributed by atoms with Crippen LogP contribution in [-0.4, -0.2) is 34.7 Å². The molecule has 3 rings (SSSR count). The number of amides is 2. The molecule has 0 saturated heterocycles. The number of aliphatic carboxylic acids is 1. The maximum Gasteiger partial charge on any atom is 0.326 e. The molecule has 0 aliphatic carbocycles. The van der Waals surface area contributed by atoms with Crippen LogP contribution in [0.5, 0.6) is 0 Å². The fourth-order valence-electron chi connectivity index (χ4n) is 3.94. The summed E-state index contributed by atoms with van der Waals surface area (Å²) < 4.78 is 0. The molecule has 7 heteroatoms. The first-order chi connectivity index (χ1) is 15.6. The summed E-state index contributed by atoms with van der Waals surface area (Å²) in [6.45, 7) is 1.37. The number of unbranched alkanes of at least 4 members (excludes halogenated alkanes) is 4. The lowest BCUT2D eigenvalue weighted by atomic mass is 10.0. The Balaban J connectivity index is 1.27. The summed E-state index contributed by atoms with van der Waals surface area (Å²) in [7, 11) is 0. The standard InChI is InChI=1S/C25H34N4O3/c30-24(31)22(29-25(32)27-18-19-10-5-4-6-11-19)14-8-3-1-2-7-13-21-16-15-20-12-9-17-26-23(20)28-21/h4-6,10-11,15-16,22H,1-3,7-9,12-14,17-18H2,(H,26,28)(H,30,31)(H2,27,29,32). The van der Waals surface area contributed by atoms with Gasteiger partial charge in [-0.1, -0.05) is 62.1 Å². The van der Waals surface area contributed by atoms with E-state index in [1.54, 1.807) is 0 Å². The minimum Gasteiger partial charge on any atom is -0.480 e. The van der Waals surface area contributed by atoms with E-state index in [1.807, 2.05) is 30.3 Å². The van der Waals surface area contributed by atoms with E-state index in [2.05, 4.69) is 28.1 Å². The summed E-state index contributed by atoms with van der Waals surface area (Å²) in [4.78, 5) is 28.2. The number of anilines is 1. The lowest BCUT2D eigenvalue weighted by molar-refractivity contribution is -0.139. The number of carbonyl (C=O) groups is 2. The van der Waals surface area contributed by atoms with E-state index in [4.69, 9.17) is 4.98 Å². The van der Waals surface area contributed by atoms with Gasteiger partial charge in [0.15, 0.2) is 0 Å². The van der Waals surface area contributed by atoms with E-state index < -0.39 is 18.0 Å². The molecule has 0 saturated carbocycles. The Morgan fingerprint density at radius 1 is 1.03 bits per heavy atom. The predicted octanol–water partition coefficient (Wildman–Crippen LogP) is 4.28. The first-order valence-corrected chi connectivity index (χ1v) is 11.7. The lowest BCUT2D eigenvalue weighted by Crippen LogP contribution is -2.45. The topological polar surface area (TPSA) is 103 Å². The third-order valence-electron chi connectivity index (χ3n) is 5.78. The van der Waals surface area contributed by atoms with E-state index in [0.717, 1.165) is 68.6 Å². The normalized spacial score (nSPS) is 13.5. The smallest absolute Gasteiger partial charge is 0.326 e. The van der Waals surface area contributed by atoms with Crippen LogP contribution in [0.25, 0.3) is 0 Å². The van der Waals surface area contributed by atoms with Gasteiger partial charge in [-0.15, -0.1) is 0 Å². The SMILES string of the molecule is O=C(NCc1ccccc1)NC(CCCCCCCc1ccc2c(n1)NCCC2)C(=O)O. The summed E-state index contributed by atoms with van der Waals surface area (Å²) >= 11 is 0. The number of hydrogen-bond acceptors (Lipinski definition) is 4. The van der Waals surface area contributed by atoms with Crippen LogP contribution in [0.4, 0.5) is 10.6 Å². The third-order valence-corrected chi connectivity index (χ3v) is 5.78. The van der Waals surface area contributed by atoms with Gasteiger partial charge in [-0.3, -0.25) is 0 Å². The van der Waals surface area contributed by atoms with Gasteiger partial charge >= 0.3 is 12.0 Å². The highest BCUT2D eigenvalue weighted by molar-refractivity contribution is 5.82. The van der Waals surface area contributed by atoms with E-state index in [-0.39, 0.29) is 0 Å². The van der Waals surface area contributed by atoms with Gasteiger partial charge in [0.05, 0.1) is 0 Å². The molecule has 0 bridgehead atoms. The average molecular weight is 439 g/mol. The van der Waals surface area contributed by atoms with Crippen molar-refractivity contribution in [3.05, 3.63) is 59.3 Å². The van der Waals surface area contributed by atoms with Gasteiger partial charge in [0.25, 0.3) is 0 Å². The quantitative estimate of drug-likeness (QED) is 0.371. The number of benzene rings is 1. The number of aromatic nitrogens is 1. The number of rotatable bonds is 12. The van der Waals surface area contributed by atoms with Gasteiger partial charge in [-0.2, -0.15) is 0 Å². The molecule has 1 aromatic heterocycles. The zero-order chi connectivity index (χ0) is 22.6. The number of carboxylic acids is 1. The summed E-state index contributed by atoms with van der Waals surface area (Å²) in [6.07, 6.45) is 8.63. The predicted molar refractivity (Wildman–Crippen MR) is 126 cm³/mol. The van der Waals surface area contributed by atoms with Crippen LogP contribution in [0.15, 0.2) is 42.5 Å². The number of hydrogen-bond donors (Lipinski definition) is 4. The summed E-state index contributed by atoms with van der Waals surface area (Å²) in [5.74, 6) is 0.0562. The van der Waals surface area contributed by atoms with Crippen LogP contribution < -0.4 is 16.0 Å². The molecule has 1 atom stereocenters. The number of aryl methyl sites for hydroxylation is 2. The molecule has 1 aliphatic heterocycles. The van der Waals surface area contributed by atoms with E-state index in [0.29, 0.717) is 13.0 Å². The molecule has 32 heavy (non-hydrogen) atoms. The second kappa shape index (κ2) is 12.7. The molecule has 2 amide bonds. The number of carbonyl (C=O) groups excluding carboxylic acids is 1. The van der Waals surface area contributed by atoms with Crippen LogP contribution >= 0.6 is 0 Å². The molecule has 1 aliphatic rings. The summed E-state index contributed by atoms with van der Waals surface area (Å²) in [6, 6.07) is 12.5. The summed E-state index contributed by atoms with van der Waals surface area (Å²) in [5.41, 5.74) is 3.42. The lowest BCUT2D eigenvalue weighted by Gasteiger charge is -2.17. The van der Waals surface area contributed by atoms with Crippen molar-refractivity contribution in [2.24, 2.45) is 0 Å². The van der Waals surface area contributed by atoms with E-state index >= 15 is 0 Å². The van der Waals surface area contributed by atoms with Crippen LogP contribution in [0.3, 0.4) is 0 Å². The Hall–Kier alpha value is -3.09.